The lowest BCUT2D eigenvalue weighted by Crippen LogP contribution is -2.35. The van der Waals surface area contributed by atoms with Gasteiger partial charge in [-0.1, -0.05) is 33.8 Å². The summed E-state index contributed by atoms with van der Waals surface area (Å²) in [5.74, 6) is 1.65. The molecule has 1 aromatic rings. The summed E-state index contributed by atoms with van der Waals surface area (Å²) in [7, 11) is 0. The Labute approximate surface area is 98.5 Å². The van der Waals surface area contributed by atoms with Gasteiger partial charge in [0.25, 0.3) is 0 Å². The van der Waals surface area contributed by atoms with Crippen LogP contribution in [0.5, 0.6) is 5.75 Å². The molecule has 0 heterocycles. The lowest BCUT2D eigenvalue weighted by atomic mass is 9.65. The van der Waals surface area contributed by atoms with Crippen LogP contribution in [0.1, 0.15) is 45.2 Å². The Morgan fingerprint density at radius 3 is 2.31 bits per heavy atom. The highest BCUT2D eigenvalue weighted by molar-refractivity contribution is 5.44. The fraction of sp³-hybridized carbons (Fsp3) is 0.600. The van der Waals surface area contributed by atoms with Gasteiger partial charge in [-0.15, -0.1) is 0 Å². The minimum Gasteiger partial charge on any atom is -0.508 e. The normalized spacial score (nSPS) is 18.1. The Balaban J connectivity index is 2.58. The van der Waals surface area contributed by atoms with Crippen LogP contribution in [-0.4, -0.2) is 5.11 Å². The molecule has 0 radical (unpaired) electrons. The van der Waals surface area contributed by atoms with Gasteiger partial charge >= 0.3 is 0 Å². The first-order valence-corrected chi connectivity index (χ1v) is 6.31. The van der Waals surface area contributed by atoms with E-state index in [4.69, 9.17) is 0 Å². The fourth-order valence-electron chi connectivity index (χ4n) is 3.56. The van der Waals surface area contributed by atoms with Crippen molar-refractivity contribution in [3.05, 3.63) is 29.3 Å². The van der Waals surface area contributed by atoms with Gasteiger partial charge in [-0.2, -0.15) is 0 Å². The van der Waals surface area contributed by atoms with Gasteiger partial charge in [-0.05, 0) is 47.9 Å². The lowest BCUT2D eigenvalue weighted by Gasteiger charge is -2.39. The zero-order valence-electron chi connectivity index (χ0n) is 10.7. The molecule has 1 aromatic carbocycles. The Morgan fingerprint density at radius 2 is 1.75 bits per heavy atom. The van der Waals surface area contributed by atoms with Gasteiger partial charge in [0.1, 0.15) is 5.75 Å². The molecule has 0 unspecified atom stereocenters. The van der Waals surface area contributed by atoms with Crippen molar-refractivity contribution >= 4 is 0 Å². The molecule has 2 rings (SSSR count). The zero-order chi connectivity index (χ0) is 11.9. The van der Waals surface area contributed by atoms with Crippen LogP contribution in [0.15, 0.2) is 18.2 Å². The van der Waals surface area contributed by atoms with Crippen LogP contribution in [0.3, 0.4) is 0 Å². The second-order valence-electron chi connectivity index (χ2n) is 5.69. The van der Waals surface area contributed by atoms with Gasteiger partial charge < -0.3 is 5.11 Å². The van der Waals surface area contributed by atoms with E-state index >= 15 is 0 Å². The first-order valence-electron chi connectivity index (χ1n) is 6.31. The summed E-state index contributed by atoms with van der Waals surface area (Å²) in [5.41, 5.74) is 3.08. The minimum atomic E-state index is 0.258. The van der Waals surface area contributed by atoms with E-state index in [1.807, 2.05) is 12.1 Å². The van der Waals surface area contributed by atoms with Crippen molar-refractivity contribution in [1.29, 1.82) is 0 Å². The summed E-state index contributed by atoms with van der Waals surface area (Å²) in [6.07, 6.45) is 2.38. The summed E-state index contributed by atoms with van der Waals surface area (Å²) in [4.78, 5) is 0. The molecular formula is C15H22O. The maximum atomic E-state index is 9.69. The number of rotatable bonds is 2. The summed E-state index contributed by atoms with van der Waals surface area (Å²) < 4.78 is 0. The van der Waals surface area contributed by atoms with Gasteiger partial charge in [0, 0.05) is 5.41 Å². The second kappa shape index (κ2) is 3.80. The molecule has 0 bridgehead atoms. The Morgan fingerprint density at radius 1 is 1.12 bits per heavy atom. The average molecular weight is 218 g/mol. The number of phenols is 1. The predicted octanol–water partition coefficient (Wildman–Crippen LogP) is 3.89. The first-order chi connectivity index (χ1) is 7.48. The molecule has 1 nitrogen and oxygen atoms in total. The summed E-state index contributed by atoms with van der Waals surface area (Å²) in [5, 5.41) is 9.69. The molecule has 1 N–H and O–H groups in total. The SMILES string of the molecule is CC(C)C1(C(C)C)CCc2ccc(O)cc21. The highest BCUT2D eigenvalue weighted by Gasteiger charge is 2.43. The molecule has 16 heavy (non-hydrogen) atoms. The van der Waals surface area contributed by atoms with Crippen LogP contribution in [0, 0.1) is 11.8 Å². The zero-order valence-corrected chi connectivity index (χ0v) is 10.7. The van der Waals surface area contributed by atoms with Crippen LogP contribution < -0.4 is 0 Å². The molecule has 1 heteroatoms. The van der Waals surface area contributed by atoms with E-state index in [-0.39, 0.29) is 5.41 Å². The third kappa shape index (κ3) is 1.45. The number of hydrogen-bond donors (Lipinski definition) is 1. The van der Waals surface area contributed by atoms with Gasteiger partial charge in [0.2, 0.25) is 0 Å². The number of phenolic OH excluding ortho intramolecular Hbond substituents is 1. The highest BCUT2D eigenvalue weighted by atomic mass is 16.3. The molecule has 0 saturated carbocycles. The quantitative estimate of drug-likeness (QED) is 0.798. The van der Waals surface area contributed by atoms with Crippen molar-refractivity contribution in [2.75, 3.05) is 0 Å². The number of hydrogen-bond acceptors (Lipinski definition) is 1. The topological polar surface area (TPSA) is 20.2 Å². The average Bonchev–Trinajstić information content (AvgIpc) is 2.57. The van der Waals surface area contributed by atoms with E-state index in [0.717, 1.165) is 6.42 Å². The largest absolute Gasteiger partial charge is 0.508 e. The fourth-order valence-corrected chi connectivity index (χ4v) is 3.56. The summed E-state index contributed by atoms with van der Waals surface area (Å²) >= 11 is 0. The van der Waals surface area contributed by atoms with Crippen molar-refractivity contribution in [2.45, 2.75) is 46.0 Å². The van der Waals surface area contributed by atoms with Crippen LogP contribution in [0.25, 0.3) is 0 Å². The maximum absolute atomic E-state index is 9.69. The third-order valence-corrected chi connectivity index (χ3v) is 4.46. The Bertz CT molecular complexity index is 382. The third-order valence-electron chi connectivity index (χ3n) is 4.46. The van der Waals surface area contributed by atoms with Crippen molar-refractivity contribution in [1.82, 2.24) is 0 Å². The van der Waals surface area contributed by atoms with E-state index in [1.165, 1.54) is 17.5 Å². The van der Waals surface area contributed by atoms with E-state index in [9.17, 15) is 5.11 Å². The van der Waals surface area contributed by atoms with E-state index in [0.29, 0.717) is 17.6 Å². The second-order valence-corrected chi connectivity index (χ2v) is 5.69. The monoisotopic (exact) mass is 218 g/mol. The molecule has 1 aliphatic carbocycles. The molecular weight excluding hydrogens is 196 g/mol. The Kier molecular flexibility index (Phi) is 2.73. The van der Waals surface area contributed by atoms with Crippen LogP contribution >= 0.6 is 0 Å². The molecule has 0 amide bonds. The molecule has 0 fully saturated rings. The molecule has 88 valence electrons. The van der Waals surface area contributed by atoms with Gasteiger partial charge in [0.05, 0.1) is 0 Å². The molecule has 0 saturated heterocycles. The summed E-state index contributed by atoms with van der Waals surface area (Å²) in [6, 6.07) is 5.90. The number of benzene rings is 1. The van der Waals surface area contributed by atoms with Crippen molar-refractivity contribution in [3.63, 3.8) is 0 Å². The highest BCUT2D eigenvalue weighted by Crippen LogP contribution is 2.50. The standard InChI is InChI=1S/C15H22O/c1-10(2)15(11(3)4)8-7-12-5-6-13(16)9-14(12)15/h5-6,9-11,16H,7-8H2,1-4H3. The number of aromatic hydroxyl groups is 1. The lowest BCUT2D eigenvalue weighted by molar-refractivity contribution is 0.218. The van der Waals surface area contributed by atoms with Gasteiger partial charge in [0.15, 0.2) is 0 Å². The van der Waals surface area contributed by atoms with Gasteiger partial charge in [-0.25, -0.2) is 0 Å². The van der Waals surface area contributed by atoms with Crippen LogP contribution in [0.4, 0.5) is 0 Å². The molecule has 0 atom stereocenters. The predicted molar refractivity (Wildman–Crippen MR) is 67.8 cm³/mol. The summed E-state index contributed by atoms with van der Waals surface area (Å²) in [6.45, 7) is 9.22. The van der Waals surface area contributed by atoms with E-state index in [1.54, 1.807) is 0 Å². The van der Waals surface area contributed by atoms with Crippen molar-refractivity contribution in [2.24, 2.45) is 11.8 Å². The van der Waals surface area contributed by atoms with E-state index in [2.05, 4.69) is 33.8 Å². The maximum Gasteiger partial charge on any atom is 0.115 e. The number of fused-ring (bicyclic) bond motifs is 1. The molecule has 1 aliphatic rings. The first kappa shape index (κ1) is 11.5. The van der Waals surface area contributed by atoms with Crippen molar-refractivity contribution < 1.29 is 5.11 Å². The van der Waals surface area contributed by atoms with Crippen molar-refractivity contribution in [3.8, 4) is 5.75 Å². The molecule has 0 aliphatic heterocycles. The van der Waals surface area contributed by atoms with Crippen LogP contribution in [-0.2, 0) is 11.8 Å². The van der Waals surface area contributed by atoms with E-state index < -0.39 is 0 Å². The molecule has 0 aromatic heterocycles. The van der Waals surface area contributed by atoms with Gasteiger partial charge in [-0.3, -0.25) is 0 Å². The smallest absolute Gasteiger partial charge is 0.115 e. The Hall–Kier alpha value is -0.980. The molecule has 0 spiro atoms. The number of aryl methyl sites for hydroxylation is 1. The van der Waals surface area contributed by atoms with Crippen LogP contribution in [0.2, 0.25) is 0 Å². The minimum absolute atomic E-state index is 0.258.